The van der Waals surface area contributed by atoms with Crippen LogP contribution in [0.4, 0.5) is 0 Å². The van der Waals surface area contributed by atoms with Crippen molar-refractivity contribution in [1.82, 2.24) is 0 Å². The van der Waals surface area contributed by atoms with Crippen LogP contribution in [0.25, 0.3) is 0 Å². The summed E-state index contributed by atoms with van der Waals surface area (Å²) >= 11 is 0. The quantitative estimate of drug-likeness (QED) is 0.757. The van der Waals surface area contributed by atoms with E-state index in [-0.39, 0.29) is 11.9 Å². The van der Waals surface area contributed by atoms with Crippen molar-refractivity contribution in [3.8, 4) is 0 Å². The van der Waals surface area contributed by atoms with Crippen LogP contribution in [-0.4, -0.2) is 37.9 Å². The van der Waals surface area contributed by atoms with E-state index in [1.165, 1.54) is 0 Å². The van der Waals surface area contributed by atoms with Crippen LogP contribution < -0.4 is 0 Å². The Bertz CT molecular complexity index is 589. The number of hydrogen-bond donors (Lipinski definition) is 0. The van der Waals surface area contributed by atoms with E-state index in [9.17, 15) is 13.2 Å². The van der Waals surface area contributed by atoms with Gasteiger partial charge in [0.25, 0.3) is 0 Å². The predicted octanol–water partition coefficient (Wildman–Crippen LogP) is 2.41. The second-order valence-electron chi connectivity index (χ2n) is 5.58. The minimum absolute atomic E-state index is 0.324. The molecule has 4 nitrogen and oxygen atoms in total. The molecule has 5 heteroatoms. The molecule has 1 fully saturated rings. The van der Waals surface area contributed by atoms with Gasteiger partial charge in [0, 0.05) is 12.2 Å². The zero-order valence-electron chi connectivity index (χ0n) is 12.5. The van der Waals surface area contributed by atoms with Crippen LogP contribution >= 0.6 is 0 Å². The van der Waals surface area contributed by atoms with Gasteiger partial charge in [-0.05, 0) is 25.3 Å². The monoisotopic (exact) mass is 310 g/mol. The molecule has 0 aromatic heterocycles. The fourth-order valence-electron chi connectivity index (χ4n) is 2.70. The Labute approximate surface area is 126 Å². The van der Waals surface area contributed by atoms with Gasteiger partial charge in [-0.3, -0.25) is 4.79 Å². The first-order chi connectivity index (χ1) is 9.94. The van der Waals surface area contributed by atoms with Crippen LogP contribution in [0.3, 0.4) is 0 Å². The van der Waals surface area contributed by atoms with Gasteiger partial charge in [-0.1, -0.05) is 37.6 Å². The zero-order chi connectivity index (χ0) is 15.5. The molecule has 0 amide bonds. The van der Waals surface area contributed by atoms with Crippen LogP contribution in [0.1, 0.15) is 42.6 Å². The summed E-state index contributed by atoms with van der Waals surface area (Å²) in [6, 6.07) is 7.23. The Kier molecular flexibility index (Phi) is 5.17. The molecule has 1 aromatic rings. The maximum atomic E-state index is 12.3. The van der Waals surface area contributed by atoms with E-state index in [1.54, 1.807) is 19.1 Å². The summed E-state index contributed by atoms with van der Waals surface area (Å²) in [7, 11) is -3.45. The maximum Gasteiger partial charge on any atom is 0.177 e. The number of benzene rings is 1. The van der Waals surface area contributed by atoms with Gasteiger partial charge in [-0.15, -0.1) is 0 Å². The van der Waals surface area contributed by atoms with E-state index in [4.69, 9.17) is 4.74 Å². The van der Waals surface area contributed by atoms with Crippen LogP contribution in [0.2, 0.25) is 0 Å². The number of aryl methyl sites for hydroxylation is 1. The number of rotatable bonds is 6. The lowest BCUT2D eigenvalue weighted by molar-refractivity contribution is 0.102. The fourth-order valence-corrected chi connectivity index (χ4v) is 4.57. The average molecular weight is 310 g/mol. The molecule has 2 atom stereocenters. The molecular formula is C16H22O4S. The lowest BCUT2D eigenvalue weighted by Gasteiger charge is -2.14. The molecule has 1 saturated heterocycles. The van der Waals surface area contributed by atoms with Crippen molar-refractivity contribution in [3.05, 3.63) is 35.4 Å². The number of Topliss-reactive ketones (excluding diaryl/α,β-unsaturated/α-hetero) is 1. The lowest BCUT2D eigenvalue weighted by atomic mass is 10.1. The number of ether oxygens (including phenoxy) is 1. The van der Waals surface area contributed by atoms with Gasteiger partial charge in [-0.25, -0.2) is 8.42 Å². The van der Waals surface area contributed by atoms with Crippen molar-refractivity contribution in [1.29, 1.82) is 0 Å². The highest BCUT2D eigenvalue weighted by Gasteiger charge is 2.36. The van der Waals surface area contributed by atoms with Gasteiger partial charge in [0.15, 0.2) is 15.6 Å². The van der Waals surface area contributed by atoms with Crippen LogP contribution in [-0.2, 0) is 21.0 Å². The SMILES string of the molecule is CCCc1ccc(C(=O)CS(=O)(=O)C2CCOC2C)cc1. The number of ketones is 1. The predicted molar refractivity (Wildman–Crippen MR) is 82.4 cm³/mol. The van der Waals surface area contributed by atoms with Crippen molar-refractivity contribution in [3.63, 3.8) is 0 Å². The third-order valence-electron chi connectivity index (χ3n) is 3.91. The fraction of sp³-hybridized carbons (Fsp3) is 0.562. The van der Waals surface area contributed by atoms with E-state index in [0.29, 0.717) is 18.6 Å². The smallest absolute Gasteiger partial charge is 0.177 e. The number of sulfone groups is 1. The highest BCUT2D eigenvalue weighted by Crippen LogP contribution is 2.22. The first kappa shape index (κ1) is 16.2. The highest BCUT2D eigenvalue weighted by molar-refractivity contribution is 7.92. The number of carbonyl (C=O) groups excluding carboxylic acids is 1. The second kappa shape index (κ2) is 6.71. The lowest BCUT2D eigenvalue weighted by Crippen LogP contribution is -2.32. The van der Waals surface area contributed by atoms with Crippen molar-refractivity contribution >= 4 is 15.6 Å². The molecule has 0 N–H and O–H groups in total. The minimum Gasteiger partial charge on any atom is -0.377 e. The normalized spacial score (nSPS) is 22.4. The van der Waals surface area contributed by atoms with E-state index in [2.05, 4.69) is 6.92 Å². The van der Waals surface area contributed by atoms with Crippen molar-refractivity contribution in [2.24, 2.45) is 0 Å². The molecule has 1 aromatic carbocycles. The van der Waals surface area contributed by atoms with Crippen molar-refractivity contribution in [2.45, 2.75) is 44.5 Å². The Balaban J connectivity index is 2.06. The van der Waals surface area contributed by atoms with E-state index in [0.717, 1.165) is 18.4 Å². The van der Waals surface area contributed by atoms with Crippen LogP contribution in [0.5, 0.6) is 0 Å². The first-order valence-electron chi connectivity index (χ1n) is 7.39. The van der Waals surface area contributed by atoms with Crippen LogP contribution in [0, 0.1) is 0 Å². The van der Waals surface area contributed by atoms with E-state index >= 15 is 0 Å². The molecule has 116 valence electrons. The summed E-state index contributed by atoms with van der Waals surface area (Å²) in [5, 5.41) is -0.555. The van der Waals surface area contributed by atoms with Gasteiger partial charge in [0.05, 0.1) is 11.4 Å². The van der Waals surface area contributed by atoms with Gasteiger partial charge in [0.1, 0.15) is 5.75 Å². The summed E-state index contributed by atoms with van der Waals surface area (Å²) in [5.74, 6) is -0.768. The Morgan fingerprint density at radius 3 is 2.48 bits per heavy atom. The third-order valence-corrected chi connectivity index (χ3v) is 6.12. The Morgan fingerprint density at radius 2 is 1.95 bits per heavy atom. The molecule has 1 aliphatic heterocycles. The summed E-state index contributed by atoms with van der Waals surface area (Å²) in [6.07, 6.45) is 2.16. The summed E-state index contributed by atoms with van der Waals surface area (Å²) < 4.78 is 29.9. The largest absolute Gasteiger partial charge is 0.377 e. The molecule has 21 heavy (non-hydrogen) atoms. The van der Waals surface area contributed by atoms with Gasteiger partial charge in [-0.2, -0.15) is 0 Å². The number of carbonyl (C=O) groups is 1. The second-order valence-corrected chi connectivity index (χ2v) is 7.80. The zero-order valence-corrected chi connectivity index (χ0v) is 13.4. The molecule has 0 aliphatic carbocycles. The molecule has 0 bridgehead atoms. The molecule has 0 spiro atoms. The maximum absolute atomic E-state index is 12.3. The van der Waals surface area contributed by atoms with E-state index in [1.807, 2.05) is 12.1 Å². The topological polar surface area (TPSA) is 60.4 Å². The van der Waals surface area contributed by atoms with Gasteiger partial charge in [0.2, 0.25) is 0 Å². The van der Waals surface area contributed by atoms with Gasteiger partial charge < -0.3 is 4.74 Å². The Hall–Kier alpha value is -1.20. The molecule has 2 unspecified atom stereocenters. The third kappa shape index (κ3) is 3.92. The van der Waals surface area contributed by atoms with Crippen molar-refractivity contribution < 1.29 is 17.9 Å². The Morgan fingerprint density at radius 1 is 1.29 bits per heavy atom. The molecule has 0 radical (unpaired) electrons. The summed E-state index contributed by atoms with van der Waals surface area (Å²) in [6.45, 7) is 4.29. The van der Waals surface area contributed by atoms with E-state index < -0.39 is 20.8 Å². The van der Waals surface area contributed by atoms with Gasteiger partial charge >= 0.3 is 0 Å². The molecule has 1 heterocycles. The highest BCUT2D eigenvalue weighted by atomic mass is 32.2. The summed E-state index contributed by atoms with van der Waals surface area (Å²) in [4.78, 5) is 12.2. The standard InChI is InChI=1S/C16H22O4S/c1-3-4-13-5-7-14(8-6-13)15(17)11-21(18,19)16-9-10-20-12(16)2/h5-8,12,16H,3-4,9-11H2,1-2H3. The minimum atomic E-state index is -3.45. The summed E-state index contributed by atoms with van der Waals surface area (Å²) in [5.41, 5.74) is 1.62. The van der Waals surface area contributed by atoms with Crippen molar-refractivity contribution in [2.75, 3.05) is 12.4 Å². The average Bonchev–Trinajstić information content (AvgIpc) is 2.86. The molecular weight excluding hydrogens is 288 g/mol. The molecule has 2 rings (SSSR count). The number of hydrogen-bond acceptors (Lipinski definition) is 4. The van der Waals surface area contributed by atoms with Crippen LogP contribution in [0.15, 0.2) is 24.3 Å². The molecule has 1 aliphatic rings. The first-order valence-corrected chi connectivity index (χ1v) is 9.11. The molecule has 0 saturated carbocycles.